The molecular formula is C10H22N2O3. The molecular weight excluding hydrogens is 196 g/mol. The average molecular weight is 218 g/mol. The highest BCUT2D eigenvalue weighted by Gasteiger charge is 2.13. The van der Waals surface area contributed by atoms with Crippen LogP contribution in [0.4, 0.5) is 0 Å². The molecule has 0 aromatic rings. The van der Waals surface area contributed by atoms with Crippen molar-refractivity contribution in [3.8, 4) is 0 Å². The third-order valence-corrected chi connectivity index (χ3v) is 1.97. The predicted molar refractivity (Wildman–Crippen MR) is 58.6 cm³/mol. The van der Waals surface area contributed by atoms with E-state index in [0.29, 0.717) is 19.8 Å². The molecule has 0 aliphatic carbocycles. The lowest BCUT2D eigenvalue weighted by atomic mass is 10.3. The Balaban J connectivity index is 3.82. The first-order valence-electron chi connectivity index (χ1n) is 5.33. The zero-order valence-electron chi connectivity index (χ0n) is 10.0. The molecule has 0 spiro atoms. The van der Waals surface area contributed by atoms with Crippen molar-refractivity contribution in [2.45, 2.75) is 33.1 Å². The number of ether oxygens (including phenoxy) is 2. The van der Waals surface area contributed by atoms with Crippen LogP contribution in [0.15, 0.2) is 0 Å². The molecule has 15 heavy (non-hydrogen) atoms. The lowest BCUT2D eigenvalue weighted by molar-refractivity contribution is -0.141. The fraction of sp³-hybridized carbons (Fsp3) is 0.900. The van der Waals surface area contributed by atoms with Gasteiger partial charge in [-0.05, 0) is 27.8 Å². The number of carbonyl (C=O) groups excluding carboxylic acids is 1. The van der Waals surface area contributed by atoms with Crippen LogP contribution in [0.3, 0.4) is 0 Å². The molecule has 0 bridgehead atoms. The summed E-state index contributed by atoms with van der Waals surface area (Å²) in [5.41, 5.74) is 0. The van der Waals surface area contributed by atoms with Gasteiger partial charge >= 0.3 is 0 Å². The molecule has 0 saturated carbocycles. The van der Waals surface area contributed by atoms with E-state index >= 15 is 0 Å². The second kappa shape index (κ2) is 8.64. The summed E-state index contributed by atoms with van der Waals surface area (Å²) in [4.78, 5) is 11.4. The molecule has 2 N–H and O–H groups in total. The number of hydrogen-bond donors (Lipinski definition) is 2. The van der Waals surface area contributed by atoms with Gasteiger partial charge in [0.25, 0.3) is 0 Å². The molecule has 5 nitrogen and oxygen atoms in total. The summed E-state index contributed by atoms with van der Waals surface area (Å²) >= 11 is 0. The predicted octanol–water partition coefficient (Wildman–Crippen LogP) is 0.110. The number of hydrogen-bond acceptors (Lipinski definition) is 4. The molecule has 0 aliphatic rings. The number of amides is 1. The maximum Gasteiger partial charge on any atom is 0.237 e. The topological polar surface area (TPSA) is 59.6 Å². The van der Waals surface area contributed by atoms with Gasteiger partial charge in [-0.25, -0.2) is 0 Å². The van der Waals surface area contributed by atoms with E-state index in [9.17, 15) is 4.79 Å². The van der Waals surface area contributed by atoms with Crippen molar-refractivity contribution in [3.63, 3.8) is 0 Å². The Morgan fingerprint density at radius 3 is 2.20 bits per heavy atom. The summed E-state index contributed by atoms with van der Waals surface area (Å²) in [6.45, 7) is 7.11. The average Bonchev–Trinajstić information content (AvgIpc) is 2.25. The third-order valence-electron chi connectivity index (χ3n) is 1.97. The van der Waals surface area contributed by atoms with Gasteiger partial charge in [-0.3, -0.25) is 4.79 Å². The summed E-state index contributed by atoms with van der Waals surface area (Å²) in [7, 11) is 1.74. The normalized spacial score (nSPS) is 12.9. The van der Waals surface area contributed by atoms with Crippen molar-refractivity contribution in [1.82, 2.24) is 10.6 Å². The monoisotopic (exact) mass is 218 g/mol. The maximum absolute atomic E-state index is 11.4. The molecule has 0 heterocycles. The lowest BCUT2D eigenvalue weighted by Crippen LogP contribution is -2.44. The van der Waals surface area contributed by atoms with E-state index in [1.165, 1.54) is 0 Å². The van der Waals surface area contributed by atoms with Gasteiger partial charge in [-0.1, -0.05) is 0 Å². The SMILES string of the molecule is CCOC(CNC(=O)C(C)NC)OCC. The highest BCUT2D eigenvalue weighted by atomic mass is 16.7. The van der Waals surface area contributed by atoms with Gasteiger partial charge in [0.2, 0.25) is 5.91 Å². The van der Waals surface area contributed by atoms with Gasteiger partial charge < -0.3 is 20.1 Å². The van der Waals surface area contributed by atoms with Crippen LogP contribution in [-0.4, -0.2) is 45.0 Å². The fourth-order valence-corrected chi connectivity index (χ4v) is 1.01. The molecule has 0 aromatic heterocycles. The Morgan fingerprint density at radius 1 is 1.27 bits per heavy atom. The van der Waals surface area contributed by atoms with Crippen molar-refractivity contribution in [3.05, 3.63) is 0 Å². The second-order valence-corrected chi connectivity index (χ2v) is 3.10. The molecule has 0 rings (SSSR count). The molecule has 0 saturated heterocycles. The zero-order chi connectivity index (χ0) is 11.7. The summed E-state index contributed by atoms with van der Waals surface area (Å²) in [5.74, 6) is -0.0538. The van der Waals surface area contributed by atoms with Crippen LogP contribution in [-0.2, 0) is 14.3 Å². The molecule has 1 amide bonds. The molecule has 90 valence electrons. The summed E-state index contributed by atoms with van der Waals surface area (Å²) < 4.78 is 10.6. The van der Waals surface area contributed by atoms with E-state index in [0.717, 1.165) is 0 Å². The first-order valence-corrected chi connectivity index (χ1v) is 5.33. The molecule has 5 heteroatoms. The summed E-state index contributed by atoms with van der Waals surface area (Å²) in [6.07, 6.45) is -0.354. The highest BCUT2D eigenvalue weighted by molar-refractivity contribution is 5.81. The Morgan fingerprint density at radius 2 is 1.80 bits per heavy atom. The maximum atomic E-state index is 11.4. The Bertz CT molecular complexity index is 170. The minimum absolute atomic E-state index is 0.0538. The molecule has 1 unspecified atom stereocenters. The van der Waals surface area contributed by atoms with Gasteiger partial charge in [0.05, 0.1) is 12.6 Å². The smallest absolute Gasteiger partial charge is 0.237 e. The van der Waals surface area contributed by atoms with Gasteiger partial charge in [-0.15, -0.1) is 0 Å². The van der Waals surface area contributed by atoms with Gasteiger partial charge in [-0.2, -0.15) is 0 Å². The van der Waals surface area contributed by atoms with Crippen LogP contribution >= 0.6 is 0 Å². The lowest BCUT2D eigenvalue weighted by Gasteiger charge is -2.18. The minimum atomic E-state index is -0.354. The summed E-state index contributed by atoms with van der Waals surface area (Å²) in [5, 5.41) is 5.61. The number of rotatable bonds is 8. The fourth-order valence-electron chi connectivity index (χ4n) is 1.01. The number of carbonyl (C=O) groups is 1. The van der Waals surface area contributed by atoms with Crippen LogP contribution in [0, 0.1) is 0 Å². The van der Waals surface area contributed by atoms with Gasteiger partial charge in [0.15, 0.2) is 6.29 Å². The molecule has 0 fully saturated rings. The van der Waals surface area contributed by atoms with Crippen molar-refractivity contribution in [2.24, 2.45) is 0 Å². The summed E-state index contributed by atoms with van der Waals surface area (Å²) in [6, 6.07) is -0.200. The van der Waals surface area contributed by atoms with E-state index in [2.05, 4.69) is 10.6 Å². The van der Waals surface area contributed by atoms with E-state index in [1.807, 2.05) is 13.8 Å². The zero-order valence-corrected chi connectivity index (χ0v) is 10.0. The van der Waals surface area contributed by atoms with E-state index in [-0.39, 0.29) is 18.2 Å². The van der Waals surface area contributed by atoms with Gasteiger partial charge in [0, 0.05) is 13.2 Å². The Labute approximate surface area is 91.5 Å². The third kappa shape index (κ3) is 6.43. The largest absolute Gasteiger partial charge is 0.351 e. The molecule has 1 atom stereocenters. The van der Waals surface area contributed by atoms with Crippen LogP contribution in [0.5, 0.6) is 0 Å². The standard InChI is InChI=1S/C10H22N2O3/c1-5-14-9(15-6-2)7-12-10(13)8(3)11-4/h8-9,11H,5-7H2,1-4H3,(H,12,13). The Kier molecular flexibility index (Phi) is 8.27. The van der Waals surface area contributed by atoms with Crippen molar-refractivity contribution < 1.29 is 14.3 Å². The van der Waals surface area contributed by atoms with Crippen LogP contribution in [0.1, 0.15) is 20.8 Å². The quantitative estimate of drug-likeness (QED) is 0.568. The van der Waals surface area contributed by atoms with Crippen molar-refractivity contribution in [2.75, 3.05) is 26.8 Å². The molecule has 0 aromatic carbocycles. The van der Waals surface area contributed by atoms with E-state index in [4.69, 9.17) is 9.47 Å². The van der Waals surface area contributed by atoms with Crippen LogP contribution < -0.4 is 10.6 Å². The van der Waals surface area contributed by atoms with E-state index < -0.39 is 0 Å². The molecule has 0 radical (unpaired) electrons. The number of nitrogens with one attached hydrogen (secondary N) is 2. The van der Waals surface area contributed by atoms with Crippen molar-refractivity contribution >= 4 is 5.91 Å². The highest BCUT2D eigenvalue weighted by Crippen LogP contribution is 1.93. The van der Waals surface area contributed by atoms with Crippen LogP contribution in [0.25, 0.3) is 0 Å². The second-order valence-electron chi connectivity index (χ2n) is 3.10. The first kappa shape index (κ1) is 14.3. The minimum Gasteiger partial charge on any atom is -0.351 e. The van der Waals surface area contributed by atoms with Crippen LogP contribution in [0.2, 0.25) is 0 Å². The first-order chi connectivity index (χ1) is 7.15. The van der Waals surface area contributed by atoms with E-state index in [1.54, 1.807) is 14.0 Å². The number of likely N-dealkylation sites (N-methyl/N-ethyl adjacent to an activating group) is 1. The van der Waals surface area contributed by atoms with Gasteiger partial charge in [0.1, 0.15) is 0 Å². The molecule has 0 aliphatic heterocycles. The van der Waals surface area contributed by atoms with Crippen molar-refractivity contribution in [1.29, 1.82) is 0 Å². The Hall–Kier alpha value is -0.650.